The molecule has 1 aliphatic heterocycles. The fourth-order valence-electron chi connectivity index (χ4n) is 1.68. The number of aliphatic hydroxyl groups excluding tert-OH is 1. The van der Waals surface area contributed by atoms with Crippen LogP contribution in [-0.4, -0.2) is 34.5 Å². The molecule has 1 rings (SSSR count). The van der Waals surface area contributed by atoms with Gasteiger partial charge in [-0.05, 0) is 12.3 Å². The molecule has 1 saturated heterocycles. The van der Waals surface area contributed by atoms with Gasteiger partial charge in [0.15, 0.2) is 0 Å². The first kappa shape index (κ1) is 11.2. The standard InChI is InChI=1S/C10H17NO3/c1-7(12)6-11-8(13)4-10(2,3)5-9(11)14/h7,12H,4-6H2,1-3H3/t7-/m0/s1. The van der Waals surface area contributed by atoms with Gasteiger partial charge in [-0.3, -0.25) is 14.5 Å². The number of β-amino-alcohol motifs (C(OH)–C–C–N with tert-alkyl or cyclic N) is 1. The highest BCUT2D eigenvalue weighted by Crippen LogP contribution is 2.31. The zero-order valence-corrected chi connectivity index (χ0v) is 8.91. The van der Waals surface area contributed by atoms with Gasteiger partial charge in [0.25, 0.3) is 0 Å². The summed E-state index contributed by atoms with van der Waals surface area (Å²) >= 11 is 0. The number of piperidine rings is 1. The summed E-state index contributed by atoms with van der Waals surface area (Å²) in [5.74, 6) is -0.348. The monoisotopic (exact) mass is 199 g/mol. The van der Waals surface area contributed by atoms with Crippen LogP contribution in [0.5, 0.6) is 0 Å². The van der Waals surface area contributed by atoms with Crippen molar-refractivity contribution in [1.82, 2.24) is 4.90 Å². The maximum Gasteiger partial charge on any atom is 0.229 e. The first-order valence-corrected chi connectivity index (χ1v) is 4.83. The van der Waals surface area contributed by atoms with E-state index in [4.69, 9.17) is 5.11 Å². The molecule has 1 fully saturated rings. The predicted octanol–water partition coefficient (Wildman–Crippen LogP) is 0.542. The number of carbonyl (C=O) groups is 2. The Morgan fingerprint density at radius 3 is 2.14 bits per heavy atom. The van der Waals surface area contributed by atoms with Gasteiger partial charge in [0.05, 0.1) is 12.6 Å². The molecule has 0 saturated carbocycles. The molecule has 4 nitrogen and oxygen atoms in total. The summed E-state index contributed by atoms with van der Waals surface area (Å²) in [5.41, 5.74) is -0.233. The molecule has 1 aliphatic rings. The zero-order chi connectivity index (χ0) is 10.9. The van der Waals surface area contributed by atoms with E-state index in [1.807, 2.05) is 13.8 Å². The summed E-state index contributed by atoms with van der Waals surface area (Å²) < 4.78 is 0. The summed E-state index contributed by atoms with van der Waals surface area (Å²) in [7, 11) is 0. The Bertz CT molecular complexity index is 238. The van der Waals surface area contributed by atoms with Crippen LogP contribution >= 0.6 is 0 Å². The lowest BCUT2D eigenvalue weighted by molar-refractivity contribution is -0.153. The van der Waals surface area contributed by atoms with Crippen molar-refractivity contribution >= 4 is 11.8 Å². The van der Waals surface area contributed by atoms with Crippen LogP contribution in [0, 0.1) is 5.41 Å². The van der Waals surface area contributed by atoms with Crippen molar-refractivity contribution in [2.75, 3.05) is 6.54 Å². The third kappa shape index (κ3) is 2.54. The first-order valence-electron chi connectivity index (χ1n) is 4.83. The molecule has 0 unspecified atom stereocenters. The van der Waals surface area contributed by atoms with Crippen molar-refractivity contribution in [3.63, 3.8) is 0 Å². The van der Waals surface area contributed by atoms with E-state index < -0.39 is 6.10 Å². The Kier molecular flexibility index (Phi) is 2.95. The maximum atomic E-state index is 11.5. The molecule has 4 heteroatoms. The first-order chi connectivity index (χ1) is 6.32. The van der Waals surface area contributed by atoms with Gasteiger partial charge < -0.3 is 5.11 Å². The minimum absolute atomic E-state index is 0.119. The molecular weight excluding hydrogens is 182 g/mol. The van der Waals surface area contributed by atoms with Crippen molar-refractivity contribution in [1.29, 1.82) is 0 Å². The van der Waals surface area contributed by atoms with Gasteiger partial charge >= 0.3 is 0 Å². The van der Waals surface area contributed by atoms with E-state index in [2.05, 4.69) is 0 Å². The highest BCUT2D eigenvalue weighted by Gasteiger charge is 2.37. The quantitative estimate of drug-likeness (QED) is 0.660. The molecule has 1 atom stereocenters. The molecule has 14 heavy (non-hydrogen) atoms. The van der Waals surface area contributed by atoms with Crippen molar-refractivity contribution < 1.29 is 14.7 Å². The average Bonchev–Trinajstić information content (AvgIpc) is 1.94. The summed E-state index contributed by atoms with van der Waals surface area (Å²) in [6.45, 7) is 5.50. The van der Waals surface area contributed by atoms with Crippen LogP contribution in [0.4, 0.5) is 0 Å². The normalized spacial score (nSPS) is 23.9. The lowest BCUT2D eigenvalue weighted by Gasteiger charge is -2.35. The Morgan fingerprint density at radius 2 is 1.79 bits per heavy atom. The van der Waals surface area contributed by atoms with Gasteiger partial charge in [0.2, 0.25) is 11.8 Å². The number of hydrogen-bond acceptors (Lipinski definition) is 3. The number of aliphatic hydroxyl groups is 1. The van der Waals surface area contributed by atoms with E-state index in [0.717, 1.165) is 4.90 Å². The van der Waals surface area contributed by atoms with Crippen LogP contribution in [-0.2, 0) is 9.59 Å². The highest BCUT2D eigenvalue weighted by atomic mass is 16.3. The Labute approximate surface area is 83.9 Å². The third-order valence-electron chi connectivity index (χ3n) is 2.31. The van der Waals surface area contributed by atoms with Crippen molar-refractivity contribution in [3.05, 3.63) is 0 Å². The van der Waals surface area contributed by atoms with Crippen LogP contribution in [0.3, 0.4) is 0 Å². The van der Waals surface area contributed by atoms with Crippen LogP contribution in [0.25, 0.3) is 0 Å². The van der Waals surface area contributed by atoms with Gasteiger partial charge in [-0.1, -0.05) is 13.8 Å². The fourth-order valence-corrected chi connectivity index (χ4v) is 1.68. The predicted molar refractivity (Wildman–Crippen MR) is 51.4 cm³/mol. The number of amides is 2. The Morgan fingerprint density at radius 1 is 1.36 bits per heavy atom. The molecule has 0 aromatic rings. The van der Waals surface area contributed by atoms with Crippen LogP contribution < -0.4 is 0 Å². The Hall–Kier alpha value is -0.900. The van der Waals surface area contributed by atoms with Gasteiger partial charge in [0, 0.05) is 12.8 Å². The lowest BCUT2D eigenvalue weighted by Crippen LogP contribution is -2.48. The summed E-state index contributed by atoms with van der Waals surface area (Å²) in [5, 5.41) is 9.12. The number of likely N-dealkylation sites (tertiary alicyclic amines) is 1. The minimum atomic E-state index is -0.649. The molecule has 1 heterocycles. The van der Waals surface area contributed by atoms with Crippen LogP contribution in [0.2, 0.25) is 0 Å². The van der Waals surface area contributed by atoms with E-state index in [1.54, 1.807) is 6.92 Å². The van der Waals surface area contributed by atoms with E-state index in [0.29, 0.717) is 12.8 Å². The van der Waals surface area contributed by atoms with E-state index >= 15 is 0 Å². The van der Waals surface area contributed by atoms with E-state index in [1.165, 1.54) is 0 Å². The van der Waals surface area contributed by atoms with Crippen molar-refractivity contribution in [2.24, 2.45) is 5.41 Å². The van der Waals surface area contributed by atoms with Gasteiger partial charge in [-0.15, -0.1) is 0 Å². The van der Waals surface area contributed by atoms with Gasteiger partial charge in [-0.2, -0.15) is 0 Å². The molecule has 0 spiro atoms. The lowest BCUT2D eigenvalue weighted by atomic mass is 9.82. The number of hydrogen-bond donors (Lipinski definition) is 1. The second-order valence-corrected chi connectivity index (χ2v) is 4.76. The molecule has 0 aromatic carbocycles. The maximum absolute atomic E-state index is 11.5. The second kappa shape index (κ2) is 3.69. The molecule has 0 aliphatic carbocycles. The summed E-state index contributed by atoms with van der Waals surface area (Å²) in [4.78, 5) is 24.3. The van der Waals surface area contributed by atoms with E-state index in [9.17, 15) is 9.59 Å². The number of nitrogens with zero attached hydrogens (tertiary/aromatic N) is 1. The number of imide groups is 1. The largest absolute Gasteiger partial charge is 0.392 e. The van der Waals surface area contributed by atoms with E-state index in [-0.39, 0.29) is 23.8 Å². The van der Waals surface area contributed by atoms with Gasteiger partial charge in [-0.25, -0.2) is 0 Å². The molecule has 2 amide bonds. The van der Waals surface area contributed by atoms with Crippen LogP contribution in [0.1, 0.15) is 33.6 Å². The minimum Gasteiger partial charge on any atom is -0.392 e. The number of carbonyl (C=O) groups excluding carboxylic acids is 2. The highest BCUT2D eigenvalue weighted by molar-refractivity contribution is 5.98. The molecule has 80 valence electrons. The zero-order valence-electron chi connectivity index (χ0n) is 8.91. The van der Waals surface area contributed by atoms with Crippen molar-refractivity contribution in [3.8, 4) is 0 Å². The third-order valence-corrected chi connectivity index (χ3v) is 2.31. The molecule has 1 N–H and O–H groups in total. The molecule has 0 bridgehead atoms. The van der Waals surface area contributed by atoms with Crippen LogP contribution in [0.15, 0.2) is 0 Å². The second-order valence-electron chi connectivity index (χ2n) is 4.76. The molecular formula is C10H17NO3. The number of rotatable bonds is 2. The fraction of sp³-hybridized carbons (Fsp3) is 0.800. The summed E-state index contributed by atoms with van der Waals surface area (Å²) in [6, 6.07) is 0. The average molecular weight is 199 g/mol. The topological polar surface area (TPSA) is 57.6 Å². The van der Waals surface area contributed by atoms with Crippen molar-refractivity contribution in [2.45, 2.75) is 39.7 Å². The Balaban J connectivity index is 2.71. The molecule has 0 radical (unpaired) electrons. The SMILES string of the molecule is C[C@H](O)CN1C(=O)CC(C)(C)CC1=O. The molecule has 0 aromatic heterocycles. The smallest absolute Gasteiger partial charge is 0.229 e. The van der Waals surface area contributed by atoms with Gasteiger partial charge in [0.1, 0.15) is 0 Å². The summed E-state index contributed by atoms with van der Waals surface area (Å²) in [6.07, 6.45) is 0.112.